The molecule has 2 heterocycles. The highest BCUT2D eigenvalue weighted by Gasteiger charge is 2.29. The Morgan fingerprint density at radius 3 is 2.79 bits per heavy atom. The molecule has 24 heavy (non-hydrogen) atoms. The van der Waals surface area contributed by atoms with Gasteiger partial charge < -0.3 is 16.0 Å². The van der Waals surface area contributed by atoms with Crippen molar-refractivity contribution in [3.8, 4) is 0 Å². The van der Waals surface area contributed by atoms with E-state index in [4.69, 9.17) is 0 Å². The summed E-state index contributed by atoms with van der Waals surface area (Å²) in [4.78, 5) is 40.7. The van der Waals surface area contributed by atoms with Crippen LogP contribution in [0.4, 0.5) is 11.5 Å². The van der Waals surface area contributed by atoms with Gasteiger partial charge in [-0.2, -0.15) is 0 Å². The van der Waals surface area contributed by atoms with Gasteiger partial charge >= 0.3 is 0 Å². The maximum atomic E-state index is 12.3. The van der Waals surface area contributed by atoms with Crippen molar-refractivity contribution in [3.63, 3.8) is 0 Å². The lowest BCUT2D eigenvalue weighted by Gasteiger charge is -2.14. The van der Waals surface area contributed by atoms with Gasteiger partial charge in [-0.05, 0) is 30.7 Å². The van der Waals surface area contributed by atoms with Crippen molar-refractivity contribution in [2.45, 2.75) is 19.4 Å². The Balaban J connectivity index is 1.72. The van der Waals surface area contributed by atoms with E-state index in [1.807, 2.05) is 13.0 Å². The van der Waals surface area contributed by atoms with Crippen LogP contribution in [0.25, 0.3) is 0 Å². The number of fused-ring (bicyclic) bond motifs is 1. The van der Waals surface area contributed by atoms with Crippen molar-refractivity contribution < 1.29 is 14.4 Å². The number of para-hydroxylation sites is 1. The average Bonchev–Trinajstić information content (AvgIpc) is 2.67. The molecule has 3 N–H and O–H groups in total. The fourth-order valence-corrected chi connectivity index (χ4v) is 2.44. The molecule has 0 bridgehead atoms. The molecule has 3 amide bonds. The zero-order valence-corrected chi connectivity index (χ0v) is 13.0. The Morgan fingerprint density at radius 2 is 2.00 bits per heavy atom. The summed E-state index contributed by atoms with van der Waals surface area (Å²) in [5.74, 6) is -0.786. The van der Waals surface area contributed by atoms with E-state index in [0.29, 0.717) is 17.1 Å². The van der Waals surface area contributed by atoms with Gasteiger partial charge in [-0.15, -0.1) is 0 Å². The molecule has 1 aromatic carbocycles. The van der Waals surface area contributed by atoms with E-state index in [1.54, 1.807) is 36.5 Å². The number of nitrogens with one attached hydrogen (secondary N) is 3. The van der Waals surface area contributed by atoms with E-state index in [2.05, 4.69) is 20.9 Å². The number of rotatable bonds is 3. The van der Waals surface area contributed by atoms with Gasteiger partial charge in [0.2, 0.25) is 11.8 Å². The van der Waals surface area contributed by atoms with Gasteiger partial charge in [0.1, 0.15) is 11.9 Å². The molecular weight excluding hydrogens is 308 g/mol. The van der Waals surface area contributed by atoms with E-state index >= 15 is 0 Å². The van der Waals surface area contributed by atoms with Crippen molar-refractivity contribution in [2.75, 3.05) is 10.6 Å². The molecule has 7 heteroatoms. The minimum absolute atomic E-state index is 0.179. The van der Waals surface area contributed by atoms with E-state index in [0.717, 1.165) is 5.56 Å². The molecule has 7 nitrogen and oxygen atoms in total. The normalized spacial score (nSPS) is 16.5. The van der Waals surface area contributed by atoms with Crippen LogP contribution in [0, 0.1) is 6.92 Å². The van der Waals surface area contributed by atoms with Gasteiger partial charge in [-0.25, -0.2) is 4.98 Å². The van der Waals surface area contributed by atoms with Gasteiger partial charge in [0.15, 0.2) is 0 Å². The van der Waals surface area contributed by atoms with Crippen molar-refractivity contribution in [2.24, 2.45) is 0 Å². The lowest BCUT2D eigenvalue weighted by Crippen LogP contribution is -2.43. The second-order valence-corrected chi connectivity index (χ2v) is 5.48. The molecule has 0 spiro atoms. The topological polar surface area (TPSA) is 100 Å². The Labute approximate surface area is 138 Å². The minimum Gasteiger partial charge on any atom is -0.340 e. The summed E-state index contributed by atoms with van der Waals surface area (Å²) in [7, 11) is 0. The number of pyridine rings is 1. The molecule has 1 unspecified atom stereocenters. The van der Waals surface area contributed by atoms with E-state index in [9.17, 15) is 14.4 Å². The first-order chi connectivity index (χ1) is 11.5. The van der Waals surface area contributed by atoms with Crippen LogP contribution in [0.2, 0.25) is 0 Å². The van der Waals surface area contributed by atoms with E-state index < -0.39 is 23.8 Å². The maximum Gasteiger partial charge on any atom is 0.254 e. The van der Waals surface area contributed by atoms with Crippen LogP contribution in [0.3, 0.4) is 0 Å². The van der Waals surface area contributed by atoms with Crippen molar-refractivity contribution in [1.29, 1.82) is 0 Å². The molecule has 0 radical (unpaired) electrons. The number of amides is 3. The Bertz CT molecular complexity index is 819. The van der Waals surface area contributed by atoms with Crippen molar-refractivity contribution in [1.82, 2.24) is 10.3 Å². The molecule has 0 fully saturated rings. The van der Waals surface area contributed by atoms with E-state index in [1.165, 1.54) is 0 Å². The molecule has 1 aliphatic heterocycles. The molecule has 2 aromatic rings. The largest absolute Gasteiger partial charge is 0.340 e. The fourth-order valence-electron chi connectivity index (χ4n) is 2.44. The number of carbonyl (C=O) groups excluding carboxylic acids is 3. The predicted molar refractivity (Wildman–Crippen MR) is 88.5 cm³/mol. The van der Waals surface area contributed by atoms with Crippen LogP contribution in [0.5, 0.6) is 0 Å². The van der Waals surface area contributed by atoms with Crippen molar-refractivity contribution in [3.05, 3.63) is 53.7 Å². The maximum absolute atomic E-state index is 12.3. The monoisotopic (exact) mass is 324 g/mol. The van der Waals surface area contributed by atoms with Gasteiger partial charge in [0, 0.05) is 6.20 Å². The highest BCUT2D eigenvalue weighted by Crippen LogP contribution is 2.19. The number of anilines is 2. The zero-order valence-electron chi connectivity index (χ0n) is 13.0. The molecule has 1 atom stereocenters. The molecular formula is C17H16N4O3. The standard InChI is InChI=1S/C17H16N4O3/c1-10-5-4-8-18-15(10)21-14(22)9-13-17(24)19-12-7-3-2-6-11(12)16(23)20-13/h2-8,13H,9H2,1H3,(H,19,24)(H,20,23)(H,18,21,22). The number of benzene rings is 1. The van der Waals surface area contributed by atoms with Gasteiger partial charge in [-0.1, -0.05) is 18.2 Å². The molecule has 1 aliphatic rings. The number of aryl methyl sites for hydroxylation is 1. The van der Waals surface area contributed by atoms with Crippen LogP contribution >= 0.6 is 0 Å². The summed E-state index contributed by atoms with van der Waals surface area (Å²) in [6, 6.07) is 9.33. The molecule has 3 rings (SSSR count). The van der Waals surface area contributed by atoms with Crippen LogP contribution in [-0.2, 0) is 9.59 Å². The molecule has 0 saturated heterocycles. The van der Waals surface area contributed by atoms with Crippen LogP contribution < -0.4 is 16.0 Å². The number of carbonyl (C=O) groups is 3. The first-order valence-electron chi connectivity index (χ1n) is 7.47. The molecule has 1 aromatic heterocycles. The third kappa shape index (κ3) is 3.24. The van der Waals surface area contributed by atoms with Gasteiger partial charge in [-0.3, -0.25) is 14.4 Å². The molecule has 0 saturated carbocycles. The van der Waals surface area contributed by atoms with Crippen LogP contribution in [-0.4, -0.2) is 28.7 Å². The highest BCUT2D eigenvalue weighted by atomic mass is 16.2. The van der Waals surface area contributed by atoms with Gasteiger partial charge in [0.25, 0.3) is 5.91 Å². The number of aromatic nitrogens is 1. The molecule has 0 aliphatic carbocycles. The third-order valence-electron chi connectivity index (χ3n) is 3.71. The average molecular weight is 324 g/mol. The fraction of sp³-hybridized carbons (Fsp3) is 0.176. The Hall–Kier alpha value is -3.22. The minimum atomic E-state index is -0.950. The summed E-state index contributed by atoms with van der Waals surface area (Å²) in [6.07, 6.45) is 1.39. The first kappa shape index (κ1) is 15.7. The second kappa shape index (κ2) is 6.49. The van der Waals surface area contributed by atoms with Crippen LogP contribution in [0.1, 0.15) is 22.3 Å². The van der Waals surface area contributed by atoms with Crippen LogP contribution in [0.15, 0.2) is 42.6 Å². The second-order valence-electron chi connectivity index (χ2n) is 5.48. The number of hydrogen-bond acceptors (Lipinski definition) is 4. The van der Waals surface area contributed by atoms with Crippen molar-refractivity contribution >= 4 is 29.2 Å². The highest BCUT2D eigenvalue weighted by molar-refractivity contribution is 6.11. The number of nitrogens with zero attached hydrogens (tertiary/aromatic N) is 1. The summed E-state index contributed by atoms with van der Waals surface area (Å²) in [5, 5.41) is 7.90. The summed E-state index contributed by atoms with van der Waals surface area (Å²) < 4.78 is 0. The summed E-state index contributed by atoms with van der Waals surface area (Å²) in [6.45, 7) is 1.82. The Morgan fingerprint density at radius 1 is 1.21 bits per heavy atom. The number of hydrogen-bond donors (Lipinski definition) is 3. The predicted octanol–water partition coefficient (Wildman–Crippen LogP) is 1.47. The first-order valence-corrected chi connectivity index (χ1v) is 7.47. The quantitative estimate of drug-likeness (QED) is 0.796. The summed E-state index contributed by atoms with van der Waals surface area (Å²) in [5.41, 5.74) is 1.62. The SMILES string of the molecule is Cc1cccnc1NC(=O)CC1NC(=O)c2ccccc2NC1=O. The smallest absolute Gasteiger partial charge is 0.254 e. The van der Waals surface area contributed by atoms with E-state index in [-0.39, 0.29) is 6.42 Å². The van der Waals surface area contributed by atoms with Gasteiger partial charge in [0.05, 0.1) is 17.7 Å². The molecule has 122 valence electrons. The Kier molecular flexibility index (Phi) is 4.24. The third-order valence-corrected chi connectivity index (χ3v) is 3.71. The summed E-state index contributed by atoms with van der Waals surface area (Å²) >= 11 is 0. The zero-order chi connectivity index (χ0) is 17.1. The lowest BCUT2D eigenvalue weighted by molar-refractivity contribution is -0.122. The lowest BCUT2D eigenvalue weighted by atomic mass is 10.1.